The third-order valence-electron chi connectivity index (χ3n) is 3.10. The number of rotatable bonds is 1. The van der Waals surface area contributed by atoms with E-state index in [1.54, 1.807) is 0 Å². The summed E-state index contributed by atoms with van der Waals surface area (Å²) in [5.41, 5.74) is -1.20. The molecule has 0 bridgehead atoms. The van der Waals surface area contributed by atoms with Crippen molar-refractivity contribution in [2.75, 3.05) is 13.6 Å². The van der Waals surface area contributed by atoms with E-state index in [-0.39, 0.29) is 6.04 Å². The molecule has 3 nitrogen and oxygen atoms in total. The van der Waals surface area contributed by atoms with Gasteiger partial charge in [-0.3, -0.25) is 0 Å². The molecule has 0 saturated carbocycles. The Morgan fingerprint density at radius 2 is 2.24 bits per heavy atom. The molecule has 1 aliphatic heterocycles. The topological polar surface area (TPSA) is 36.4 Å². The molecule has 1 aliphatic rings. The standard InChI is InChI=1S/C10H13F3N2OS/c1-6-3-9(16,5-15(6)2)7-4-14-8(17-7)10(11,12)13/h4,6,16H,3,5H2,1-2H3. The molecule has 2 rings (SSSR count). The highest BCUT2D eigenvalue weighted by molar-refractivity contribution is 7.11. The predicted octanol–water partition coefficient (Wildman–Crippen LogP) is 2.07. The van der Waals surface area contributed by atoms with Gasteiger partial charge in [-0.05, 0) is 20.4 Å². The summed E-state index contributed by atoms with van der Waals surface area (Å²) >= 11 is 0.527. The first kappa shape index (κ1) is 12.8. The zero-order valence-corrected chi connectivity index (χ0v) is 10.3. The van der Waals surface area contributed by atoms with Gasteiger partial charge in [0, 0.05) is 18.8 Å². The highest BCUT2D eigenvalue weighted by Crippen LogP contribution is 2.41. The fraction of sp³-hybridized carbons (Fsp3) is 0.700. The molecule has 1 N–H and O–H groups in total. The summed E-state index contributed by atoms with van der Waals surface area (Å²) in [7, 11) is 1.84. The Labute approximate surface area is 101 Å². The van der Waals surface area contributed by atoms with E-state index in [4.69, 9.17) is 0 Å². The molecule has 0 radical (unpaired) electrons. The van der Waals surface area contributed by atoms with Crippen molar-refractivity contribution in [3.8, 4) is 0 Å². The molecule has 0 spiro atoms. The van der Waals surface area contributed by atoms with Gasteiger partial charge in [-0.25, -0.2) is 4.98 Å². The van der Waals surface area contributed by atoms with Gasteiger partial charge in [-0.2, -0.15) is 13.2 Å². The predicted molar refractivity (Wildman–Crippen MR) is 57.7 cm³/mol. The van der Waals surface area contributed by atoms with Crippen molar-refractivity contribution in [1.29, 1.82) is 0 Å². The third kappa shape index (κ3) is 2.31. The highest BCUT2D eigenvalue weighted by atomic mass is 32.1. The maximum absolute atomic E-state index is 12.4. The van der Waals surface area contributed by atoms with Crippen molar-refractivity contribution >= 4 is 11.3 Å². The molecular weight excluding hydrogens is 253 g/mol. The molecule has 0 aliphatic carbocycles. The van der Waals surface area contributed by atoms with Crippen LogP contribution in [0.2, 0.25) is 0 Å². The Morgan fingerprint density at radius 3 is 2.65 bits per heavy atom. The number of hydrogen-bond donors (Lipinski definition) is 1. The summed E-state index contributed by atoms with van der Waals surface area (Å²) in [6.07, 6.45) is -2.86. The van der Waals surface area contributed by atoms with Gasteiger partial charge in [-0.15, -0.1) is 11.3 Å². The Bertz CT molecular complexity index is 408. The first-order chi connectivity index (χ1) is 7.72. The molecule has 1 saturated heterocycles. The summed E-state index contributed by atoms with van der Waals surface area (Å²) in [5.74, 6) is 0. The minimum atomic E-state index is -4.44. The number of thiazole rings is 1. The van der Waals surface area contributed by atoms with Gasteiger partial charge in [0.2, 0.25) is 0 Å². The van der Waals surface area contributed by atoms with Gasteiger partial charge in [-0.1, -0.05) is 0 Å². The van der Waals surface area contributed by atoms with Crippen LogP contribution >= 0.6 is 11.3 Å². The molecular formula is C10H13F3N2OS. The van der Waals surface area contributed by atoms with Gasteiger partial charge in [0.05, 0.1) is 4.88 Å². The van der Waals surface area contributed by atoms with E-state index in [1.807, 2.05) is 18.9 Å². The number of nitrogens with zero attached hydrogens (tertiary/aromatic N) is 2. The van der Waals surface area contributed by atoms with Crippen LogP contribution in [0.15, 0.2) is 6.20 Å². The maximum Gasteiger partial charge on any atom is 0.443 e. The van der Waals surface area contributed by atoms with Gasteiger partial charge < -0.3 is 10.0 Å². The Morgan fingerprint density at radius 1 is 1.59 bits per heavy atom. The minimum Gasteiger partial charge on any atom is -0.383 e. The lowest BCUT2D eigenvalue weighted by Gasteiger charge is -2.19. The summed E-state index contributed by atoms with van der Waals surface area (Å²) in [5, 5.41) is 9.44. The zero-order valence-electron chi connectivity index (χ0n) is 9.45. The van der Waals surface area contributed by atoms with Crippen LogP contribution in [-0.2, 0) is 11.8 Å². The van der Waals surface area contributed by atoms with Crippen LogP contribution in [0.4, 0.5) is 13.2 Å². The van der Waals surface area contributed by atoms with Crippen LogP contribution in [-0.4, -0.2) is 34.6 Å². The molecule has 2 heterocycles. The lowest BCUT2D eigenvalue weighted by molar-refractivity contribution is -0.137. The largest absolute Gasteiger partial charge is 0.443 e. The Kier molecular flexibility index (Phi) is 2.95. The van der Waals surface area contributed by atoms with Crippen molar-refractivity contribution in [1.82, 2.24) is 9.88 Å². The van der Waals surface area contributed by atoms with Crippen molar-refractivity contribution in [3.05, 3.63) is 16.1 Å². The van der Waals surface area contributed by atoms with Crippen LogP contribution in [0.5, 0.6) is 0 Å². The van der Waals surface area contributed by atoms with E-state index in [0.717, 1.165) is 6.20 Å². The average molecular weight is 266 g/mol. The molecule has 2 unspecified atom stereocenters. The number of alkyl halides is 3. The number of likely N-dealkylation sites (tertiary alicyclic amines) is 1. The summed E-state index contributed by atoms with van der Waals surface area (Å²) in [6, 6.07) is 0.149. The van der Waals surface area contributed by atoms with Crippen LogP contribution in [0.1, 0.15) is 23.2 Å². The van der Waals surface area contributed by atoms with E-state index >= 15 is 0 Å². The molecule has 1 aromatic rings. The van der Waals surface area contributed by atoms with E-state index in [1.165, 1.54) is 0 Å². The number of β-amino-alcohol motifs (C(OH)–C–C–N with tert-alkyl or cyclic N) is 1. The lowest BCUT2D eigenvalue weighted by atomic mass is 10.00. The third-order valence-corrected chi connectivity index (χ3v) is 4.34. The number of hydrogen-bond acceptors (Lipinski definition) is 4. The van der Waals surface area contributed by atoms with Crippen LogP contribution < -0.4 is 0 Å². The first-order valence-corrected chi connectivity index (χ1v) is 6.00. The van der Waals surface area contributed by atoms with E-state index in [9.17, 15) is 18.3 Å². The number of likely N-dealkylation sites (N-methyl/N-ethyl adjacent to an activating group) is 1. The van der Waals surface area contributed by atoms with Crippen LogP contribution in [0.3, 0.4) is 0 Å². The van der Waals surface area contributed by atoms with Gasteiger partial charge in [0.25, 0.3) is 0 Å². The van der Waals surface area contributed by atoms with Crippen molar-refractivity contribution in [2.45, 2.75) is 31.2 Å². The quantitative estimate of drug-likeness (QED) is 0.845. The fourth-order valence-corrected chi connectivity index (χ4v) is 2.95. The second kappa shape index (κ2) is 3.93. The molecule has 7 heteroatoms. The van der Waals surface area contributed by atoms with E-state index < -0.39 is 16.8 Å². The SMILES string of the molecule is CC1CC(O)(c2cnc(C(F)(F)F)s2)CN1C. The first-order valence-electron chi connectivity index (χ1n) is 5.18. The minimum absolute atomic E-state index is 0.149. The van der Waals surface area contributed by atoms with Gasteiger partial charge in [0.1, 0.15) is 5.60 Å². The molecule has 2 atom stereocenters. The summed E-state index contributed by atoms with van der Waals surface area (Å²) in [6.45, 7) is 2.28. The molecule has 0 aromatic carbocycles. The lowest BCUT2D eigenvalue weighted by Crippen LogP contribution is -2.28. The van der Waals surface area contributed by atoms with Crippen LogP contribution in [0.25, 0.3) is 0 Å². The van der Waals surface area contributed by atoms with Crippen molar-refractivity contribution in [2.24, 2.45) is 0 Å². The highest BCUT2D eigenvalue weighted by Gasteiger charge is 2.44. The monoisotopic (exact) mass is 266 g/mol. The summed E-state index contributed by atoms with van der Waals surface area (Å²) in [4.78, 5) is 5.56. The number of aliphatic hydroxyl groups is 1. The van der Waals surface area contributed by atoms with Gasteiger partial charge >= 0.3 is 6.18 Å². The molecule has 17 heavy (non-hydrogen) atoms. The number of aromatic nitrogens is 1. The second-order valence-electron chi connectivity index (χ2n) is 4.53. The van der Waals surface area contributed by atoms with Crippen molar-refractivity contribution < 1.29 is 18.3 Å². The fourth-order valence-electron chi connectivity index (χ4n) is 2.08. The van der Waals surface area contributed by atoms with Crippen LogP contribution in [0, 0.1) is 0 Å². The smallest absolute Gasteiger partial charge is 0.383 e. The number of halogens is 3. The van der Waals surface area contributed by atoms with Crippen molar-refractivity contribution in [3.63, 3.8) is 0 Å². The van der Waals surface area contributed by atoms with Gasteiger partial charge in [0.15, 0.2) is 5.01 Å². The molecule has 0 amide bonds. The zero-order chi connectivity index (χ0) is 12.8. The average Bonchev–Trinajstić information content (AvgIpc) is 2.72. The maximum atomic E-state index is 12.4. The molecule has 1 fully saturated rings. The second-order valence-corrected chi connectivity index (χ2v) is 5.56. The van der Waals surface area contributed by atoms with E-state index in [0.29, 0.717) is 29.2 Å². The summed E-state index contributed by atoms with van der Waals surface area (Å²) < 4.78 is 37.3. The Hall–Kier alpha value is -0.660. The normalized spacial score (nSPS) is 31.1. The molecule has 96 valence electrons. The molecule has 1 aromatic heterocycles. The van der Waals surface area contributed by atoms with E-state index in [2.05, 4.69) is 4.98 Å². The Balaban J connectivity index is 2.27.